The Hall–Kier alpha value is -2.54. The number of carbonyl (C=O) groups excluding carboxylic acids is 3. The maximum atomic E-state index is 13.1. The predicted octanol–water partition coefficient (Wildman–Crippen LogP) is -0.602. The molecule has 3 fully saturated rings. The Kier molecular flexibility index (Phi) is 6.69. The van der Waals surface area contributed by atoms with Crippen LogP contribution in [0.3, 0.4) is 0 Å². The Balaban J connectivity index is 1.35. The van der Waals surface area contributed by atoms with Gasteiger partial charge in [-0.05, 0) is 26.5 Å². The molecule has 1 aromatic carbocycles. The van der Waals surface area contributed by atoms with Gasteiger partial charge in [0.25, 0.3) is 16.1 Å². The molecule has 34 heavy (non-hydrogen) atoms. The molecule has 4 amide bonds. The highest BCUT2D eigenvalue weighted by Crippen LogP contribution is 2.29. The van der Waals surface area contributed by atoms with E-state index < -0.39 is 27.7 Å². The number of carbonyl (C=O) groups is 3. The Morgan fingerprint density at radius 2 is 1.47 bits per heavy atom. The van der Waals surface area contributed by atoms with E-state index in [-0.39, 0.29) is 38.6 Å². The van der Waals surface area contributed by atoms with Crippen molar-refractivity contribution in [2.24, 2.45) is 0 Å². The summed E-state index contributed by atoms with van der Waals surface area (Å²) in [4.78, 5) is 43.1. The van der Waals surface area contributed by atoms with E-state index in [1.54, 1.807) is 19.1 Å². The van der Waals surface area contributed by atoms with E-state index in [0.29, 0.717) is 31.7 Å². The quantitative estimate of drug-likeness (QED) is 0.549. The van der Waals surface area contributed by atoms with Crippen molar-refractivity contribution in [3.05, 3.63) is 35.4 Å². The van der Waals surface area contributed by atoms with E-state index in [9.17, 15) is 22.8 Å². The Bertz CT molecular complexity index is 1060. The Labute approximate surface area is 200 Å². The fourth-order valence-electron chi connectivity index (χ4n) is 4.51. The summed E-state index contributed by atoms with van der Waals surface area (Å²) < 4.78 is 28.8. The summed E-state index contributed by atoms with van der Waals surface area (Å²) in [5.74, 6) is -0.862. The molecule has 3 aliphatic rings. The summed E-state index contributed by atoms with van der Waals surface area (Å²) >= 11 is 0. The van der Waals surface area contributed by atoms with Gasteiger partial charge in [0.05, 0.1) is 0 Å². The highest BCUT2D eigenvalue weighted by molar-refractivity contribution is 7.86. The largest absolute Gasteiger partial charge is 0.338 e. The van der Waals surface area contributed by atoms with Gasteiger partial charge in [-0.15, -0.1) is 0 Å². The van der Waals surface area contributed by atoms with Gasteiger partial charge in [-0.2, -0.15) is 17.0 Å². The zero-order valence-electron chi connectivity index (χ0n) is 19.9. The first-order valence-corrected chi connectivity index (χ1v) is 12.8. The lowest BCUT2D eigenvalue weighted by atomic mass is 9.91. The average molecular weight is 493 g/mol. The SMILES string of the molecule is Cc1ccc(C2(C)NC(=O)N(CC(=O)N3CCN(S(=O)(=O)N4CCN(C)CC4)CC3)C2=O)cc1. The van der Waals surface area contributed by atoms with E-state index >= 15 is 0 Å². The van der Waals surface area contributed by atoms with Crippen LogP contribution in [-0.2, 0) is 25.3 Å². The minimum Gasteiger partial charge on any atom is -0.338 e. The molecule has 3 heterocycles. The van der Waals surface area contributed by atoms with Crippen molar-refractivity contribution >= 4 is 28.1 Å². The molecule has 11 nitrogen and oxygen atoms in total. The van der Waals surface area contributed by atoms with Crippen LogP contribution < -0.4 is 5.32 Å². The first-order valence-electron chi connectivity index (χ1n) is 11.4. The average Bonchev–Trinajstić information content (AvgIpc) is 3.03. The van der Waals surface area contributed by atoms with Crippen LogP contribution in [0.2, 0.25) is 0 Å². The van der Waals surface area contributed by atoms with Gasteiger partial charge in [0.2, 0.25) is 5.91 Å². The lowest BCUT2D eigenvalue weighted by Gasteiger charge is -2.39. The van der Waals surface area contributed by atoms with E-state index in [1.807, 2.05) is 26.1 Å². The monoisotopic (exact) mass is 492 g/mol. The number of nitrogens with zero attached hydrogens (tertiary/aromatic N) is 5. The van der Waals surface area contributed by atoms with Crippen molar-refractivity contribution in [2.75, 3.05) is 66.0 Å². The second-order valence-electron chi connectivity index (χ2n) is 9.30. The van der Waals surface area contributed by atoms with Crippen LogP contribution in [0.1, 0.15) is 18.1 Å². The fourth-order valence-corrected chi connectivity index (χ4v) is 6.08. The second-order valence-corrected chi connectivity index (χ2v) is 11.2. The molecular weight excluding hydrogens is 460 g/mol. The van der Waals surface area contributed by atoms with Crippen molar-refractivity contribution in [2.45, 2.75) is 19.4 Å². The molecule has 3 saturated heterocycles. The lowest BCUT2D eigenvalue weighted by Crippen LogP contribution is -2.58. The molecule has 1 N–H and O–H groups in total. The molecule has 0 radical (unpaired) electrons. The van der Waals surface area contributed by atoms with Gasteiger partial charge in [-0.3, -0.25) is 14.5 Å². The molecule has 1 unspecified atom stereocenters. The smallest absolute Gasteiger partial charge is 0.325 e. The summed E-state index contributed by atoms with van der Waals surface area (Å²) in [5.41, 5.74) is 0.444. The number of aryl methyl sites for hydroxylation is 1. The summed E-state index contributed by atoms with van der Waals surface area (Å²) in [6.07, 6.45) is 0. The number of hydrogen-bond acceptors (Lipinski definition) is 6. The molecular formula is C22H32N6O5S. The standard InChI is InChI=1S/C22H32N6O5S/c1-17-4-6-18(7-5-17)22(2)20(30)28(21(31)23-22)16-19(29)25-10-14-27(15-11-25)34(32,33)26-12-8-24(3)9-13-26/h4-7H,8-16H2,1-3H3,(H,23,31). The summed E-state index contributed by atoms with van der Waals surface area (Å²) in [6.45, 7) is 6.24. The number of amides is 4. The maximum absolute atomic E-state index is 13.1. The molecule has 0 aromatic heterocycles. The predicted molar refractivity (Wildman–Crippen MR) is 125 cm³/mol. The van der Waals surface area contributed by atoms with Gasteiger partial charge in [0.1, 0.15) is 12.1 Å². The molecule has 1 aromatic rings. The van der Waals surface area contributed by atoms with Gasteiger partial charge in [-0.25, -0.2) is 4.79 Å². The molecule has 3 aliphatic heterocycles. The summed E-state index contributed by atoms with van der Waals surface area (Å²) in [6, 6.07) is 6.70. The number of imide groups is 1. The minimum atomic E-state index is -3.57. The van der Waals surface area contributed by atoms with Crippen LogP contribution in [-0.4, -0.2) is 116 Å². The summed E-state index contributed by atoms with van der Waals surface area (Å²) in [7, 11) is -1.61. The molecule has 0 bridgehead atoms. The van der Waals surface area contributed by atoms with Crippen molar-refractivity contribution in [1.82, 2.24) is 28.6 Å². The minimum absolute atomic E-state index is 0.182. The maximum Gasteiger partial charge on any atom is 0.325 e. The lowest BCUT2D eigenvalue weighted by molar-refractivity contribution is -0.139. The first kappa shape index (κ1) is 24.6. The van der Waals surface area contributed by atoms with Crippen LogP contribution in [0.15, 0.2) is 24.3 Å². The highest BCUT2D eigenvalue weighted by Gasteiger charge is 2.49. The van der Waals surface area contributed by atoms with E-state index in [0.717, 1.165) is 10.5 Å². The number of urea groups is 1. The van der Waals surface area contributed by atoms with Crippen LogP contribution in [0, 0.1) is 6.92 Å². The molecule has 12 heteroatoms. The zero-order chi connectivity index (χ0) is 24.7. The van der Waals surface area contributed by atoms with Crippen LogP contribution >= 0.6 is 0 Å². The van der Waals surface area contributed by atoms with Crippen LogP contribution in [0.5, 0.6) is 0 Å². The fraction of sp³-hybridized carbons (Fsp3) is 0.591. The topological polar surface area (TPSA) is 114 Å². The van der Waals surface area contributed by atoms with E-state index in [1.165, 1.54) is 13.5 Å². The molecule has 0 aliphatic carbocycles. The van der Waals surface area contributed by atoms with Crippen molar-refractivity contribution in [3.8, 4) is 0 Å². The number of rotatable bonds is 5. The number of piperazine rings is 2. The van der Waals surface area contributed by atoms with Crippen LogP contribution in [0.25, 0.3) is 0 Å². The van der Waals surface area contributed by atoms with Crippen molar-refractivity contribution in [3.63, 3.8) is 0 Å². The van der Waals surface area contributed by atoms with E-state index in [4.69, 9.17) is 0 Å². The second kappa shape index (κ2) is 9.25. The Morgan fingerprint density at radius 1 is 0.941 bits per heavy atom. The van der Waals surface area contributed by atoms with Gasteiger partial charge < -0.3 is 15.1 Å². The first-order chi connectivity index (χ1) is 16.0. The van der Waals surface area contributed by atoms with E-state index in [2.05, 4.69) is 10.2 Å². The number of hydrogen-bond donors (Lipinski definition) is 1. The molecule has 186 valence electrons. The number of benzene rings is 1. The Morgan fingerprint density at radius 3 is 2.03 bits per heavy atom. The molecule has 4 rings (SSSR count). The molecule has 0 saturated carbocycles. The normalized spacial score (nSPS) is 25.6. The highest BCUT2D eigenvalue weighted by atomic mass is 32.2. The van der Waals surface area contributed by atoms with Gasteiger partial charge in [0.15, 0.2) is 0 Å². The zero-order valence-corrected chi connectivity index (χ0v) is 20.7. The van der Waals surface area contributed by atoms with Gasteiger partial charge in [-0.1, -0.05) is 29.8 Å². The molecule has 1 atom stereocenters. The van der Waals surface area contributed by atoms with Gasteiger partial charge in [0, 0.05) is 52.4 Å². The number of nitrogens with one attached hydrogen (secondary N) is 1. The molecule has 0 spiro atoms. The third-order valence-corrected chi connectivity index (χ3v) is 8.94. The van der Waals surface area contributed by atoms with Crippen molar-refractivity contribution < 1.29 is 22.8 Å². The van der Waals surface area contributed by atoms with Crippen LogP contribution in [0.4, 0.5) is 4.79 Å². The van der Waals surface area contributed by atoms with Crippen molar-refractivity contribution in [1.29, 1.82) is 0 Å². The van der Waals surface area contributed by atoms with Gasteiger partial charge >= 0.3 is 6.03 Å². The third-order valence-electron chi connectivity index (χ3n) is 6.90. The number of likely N-dealkylation sites (N-methyl/N-ethyl adjacent to an activating group) is 1. The summed E-state index contributed by atoms with van der Waals surface area (Å²) in [5, 5.41) is 2.71. The third kappa shape index (κ3) is 4.54.